The monoisotopic (exact) mass is 264 g/mol. The maximum absolute atomic E-state index is 11.2. The van der Waals surface area contributed by atoms with E-state index < -0.39 is 12.2 Å². The van der Waals surface area contributed by atoms with Gasteiger partial charge in [-0.1, -0.05) is 18.2 Å². The first-order valence-electron chi connectivity index (χ1n) is 6.48. The number of aliphatic hydroxyl groups is 1. The van der Waals surface area contributed by atoms with Crippen LogP contribution in [0.5, 0.6) is 0 Å². The smallest absolute Gasteiger partial charge is 0.407 e. The van der Waals surface area contributed by atoms with Crippen LogP contribution >= 0.6 is 0 Å². The number of benzene rings is 1. The Kier molecular flexibility index (Phi) is 4.27. The van der Waals surface area contributed by atoms with Gasteiger partial charge in [0, 0.05) is 24.3 Å². The Morgan fingerprint density at radius 2 is 2.26 bits per heavy atom. The molecule has 0 saturated carbocycles. The number of rotatable bonds is 3. The molecule has 1 aromatic rings. The van der Waals surface area contributed by atoms with E-state index in [0.717, 1.165) is 30.8 Å². The molecule has 2 rings (SSSR count). The minimum Gasteiger partial charge on any atom is -0.453 e. The fourth-order valence-electron chi connectivity index (χ4n) is 2.45. The molecule has 1 fully saturated rings. The van der Waals surface area contributed by atoms with Gasteiger partial charge in [0.05, 0.1) is 19.3 Å². The summed E-state index contributed by atoms with van der Waals surface area (Å²) in [5.41, 5.74) is 1.95. The van der Waals surface area contributed by atoms with Crippen LogP contribution in [0.2, 0.25) is 0 Å². The SMILES string of the molecule is COC(=O)NC1CCN(c2ccccc2[C@@H](C)O)C1. The van der Waals surface area contributed by atoms with Gasteiger partial charge in [0.2, 0.25) is 0 Å². The van der Waals surface area contributed by atoms with Gasteiger partial charge in [0.1, 0.15) is 0 Å². The number of amides is 1. The van der Waals surface area contributed by atoms with Crippen LogP contribution in [0.15, 0.2) is 24.3 Å². The molecular formula is C14H20N2O3. The van der Waals surface area contributed by atoms with Gasteiger partial charge >= 0.3 is 6.09 Å². The lowest BCUT2D eigenvalue weighted by Gasteiger charge is -2.23. The third kappa shape index (κ3) is 3.17. The Balaban J connectivity index is 2.06. The highest BCUT2D eigenvalue weighted by Crippen LogP contribution is 2.28. The van der Waals surface area contributed by atoms with Crippen molar-refractivity contribution < 1.29 is 14.6 Å². The zero-order valence-corrected chi connectivity index (χ0v) is 11.3. The second-order valence-corrected chi connectivity index (χ2v) is 4.80. The average molecular weight is 264 g/mol. The summed E-state index contributed by atoms with van der Waals surface area (Å²) in [5, 5.41) is 12.6. The van der Waals surface area contributed by atoms with Crippen molar-refractivity contribution in [2.75, 3.05) is 25.1 Å². The van der Waals surface area contributed by atoms with Gasteiger partial charge in [0.15, 0.2) is 0 Å². The molecule has 0 aliphatic carbocycles. The lowest BCUT2D eigenvalue weighted by Crippen LogP contribution is -2.37. The van der Waals surface area contributed by atoms with Crippen LogP contribution in [0, 0.1) is 0 Å². The van der Waals surface area contributed by atoms with Gasteiger partial charge in [-0.15, -0.1) is 0 Å². The molecule has 2 atom stereocenters. The van der Waals surface area contributed by atoms with E-state index in [1.807, 2.05) is 24.3 Å². The van der Waals surface area contributed by atoms with Gasteiger partial charge in [-0.25, -0.2) is 4.79 Å². The topological polar surface area (TPSA) is 61.8 Å². The second kappa shape index (κ2) is 5.93. The minimum atomic E-state index is -0.496. The summed E-state index contributed by atoms with van der Waals surface area (Å²) in [5.74, 6) is 0. The number of carbonyl (C=O) groups is 1. The highest BCUT2D eigenvalue weighted by atomic mass is 16.5. The first-order chi connectivity index (χ1) is 9.11. The normalized spacial score (nSPS) is 20.2. The molecule has 0 radical (unpaired) electrons. The number of alkyl carbamates (subject to hydrolysis) is 1. The standard InChI is InChI=1S/C14H20N2O3/c1-10(17)12-5-3-4-6-13(12)16-8-7-11(9-16)15-14(18)19-2/h3-6,10-11,17H,7-9H2,1-2H3,(H,15,18)/t10-,11?/m1/s1. The fraction of sp³-hybridized carbons (Fsp3) is 0.500. The van der Waals surface area contributed by atoms with Crippen LogP contribution in [0.4, 0.5) is 10.5 Å². The van der Waals surface area contributed by atoms with E-state index in [1.165, 1.54) is 7.11 Å². The van der Waals surface area contributed by atoms with Gasteiger partial charge in [-0.2, -0.15) is 0 Å². The van der Waals surface area contributed by atoms with E-state index >= 15 is 0 Å². The number of hydrogen-bond donors (Lipinski definition) is 2. The van der Waals surface area contributed by atoms with E-state index in [0.29, 0.717) is 0 Å². The lowest BCUT2D eigenvalue weighted by atomic mass is 10.1. The minimum absolute atomic E-state index is 0.0921. The molecule has 0 spiro atoms. The molecule has 19 heavy (non-hydrogen) atoms. The molecule has 104 valence electrons. The van der Waals surface area contributed by atoms with Crippen LogP contribution in [0.1, 0.15) is 25.0 Å². The van der Waals surface area contributed by atoms with E-state index in [9.17, 15) is 9.90 Å². The molecule has 0 aromatic heterocycles. The average Bonchev–Trinajstić information content (AvgIpc) is 2.86. The summed E-state index contributed by atoms with van der Waals surface area (Å²) in [7, 11) is 1.37. The molecule has 1 saturated heterocycles. The van der Waals surface area contributed by atoms with Crippen molar-refractivity contribution in [1.82, 2.24) is 5.32 Å². The van der Waals surface area contributed by atoms with Gasteiger partial charge in [-0.05, 0) is 19.4 Å². The fourth-order valence-corrected chi connectivity index (χ4v) is 2.45. The van der Waals surface area contributed by atoms with E-state index in [2.05, 4.69) is 15.0 Å². The molecule has 5 nitrogen and oxygen atoms in total. The first kappa shape index (κ1) is 13.7. The zero-order valence-electron chi connectivity index (χ0n) is 11.3. The molecule has 1 unspecified atom stereocenters. The lowest BCUT2D eigenvalue weighted by molar-refractivity contribution is 0.167. The van der Waals surface area contributed by atoms with Crippen molar-refractivity contribution in [1.29, 1.82) is 0 Å². The Morgan fingerprint density at radius 1 is 1.53 bits per heavy atom. The molecule has 1 aromatic carbocycles. The highest BCUT2D eigenvalue weighted by molar-refractivity contribution is 5.67. The third-order valence-electron chi connectivity index (χ3n) is 3.42. The van der Waals surface area contributed by atoms with E-state index in [4.69, 9.17) is 0 Å². The summed E-state index contributed by atoms with van der Waals surface area (Å²) in [6.07, 6.45) is -0.0112. The van der Waals surface area contributed by atoms with Crippen molar-refractivity contribution in [2.24, 2.45) is 0 Å². The summed E-state index contributed by atoms with van der Waals surface area (Å²) >= 11 is 0. The number of hydrogen-bond acceptors (Lipinski definition) is 4. The van der Waals surface area contributed by atoms with Crippen LogP contribution in [-0.2, 0) is 4.74 Å². The maximum atomic E-state index is 11.2. The Labute approximate surface area is 113 Å². The predicted octanol–water partition coefficient (Wildman–Crippen LogP) is 1.67. The predicted molar refractivity (Wildman–Crippen MR) is 73.2 cm³/mol. The zero-order chi connectivity index (χ0) is 13.8. The van der Waals surface area contributed by atoms with Crippen LogP contribution in [0.25, 0.3) is 0 Å². The van der Waals surface area contributed by atoms with Crippen molar-refractivity contribution in [3.05, 3.63) is 29.8 Å². The second-order valence-electron chi connectivity index (χ2n) is 4.80. The highest BCUT2D eigenvalue weighted by Gasteiger charge is 2.26. The molecule has 0 bridgehead atoms. The van der Waals surface area contributed by atoms with Crippen LogP contribution in [-0.4, -0.2) is 37.4 Å². The van der Waals surface area contributed by atoms with Crippen molar-refractivity contribution >= 4 is 11.8 Å². The number of carbonyl (C=O) groups excluding carboxylic acids is 1. The number of para-hydroxylation sites is 1. The molecular weight excluding hydrogens is 244 g/mol. The molecule has 1 amide bonds. The van der Waals surface area contributed by atoms with Crippen LogP contribution < -0.4 is 10.2 Å². The summed E-state index contributed by atoms with van der Waals surface area (Å²) in [6, 6.07) is 7.91. The van der Waals surface area contributed by atoms with E-state index in [-0.39, 0.29) is 6.04 Å². The van der Waals surface area contributed by atoms with Crippen molar-refractivity contribution in [3.8, 4) is 0 Å². The molecule has 1 aliphatic heterocycles. The first-order valence-corrected chi connectivity index (χ1v) is 6.48. The van der Waals surface area contributed by atoms with Gasteiger partial charge < -0.3 is 20.1 Å². The number of aliphatic hydroxyl groups excluding tert-OH is 1. The number of methoxy groups -OCH3 is 1. The number of nitrogens with one attached hydrogen (secondary N) is 1. The van der Waals surface area contributed by atoms with E-state index in [1.54, 1.807) is 6.92 Å². The third-order valence-corrected chi connectivity index (χ3v) is 3.42. The summed E-state index contributed by atoms with van der Waals surface area (Å²) in [4.78, 5) is 13.4. The van der Waals surface area contributed by atoms with Gasteiger partial charge in [-0.3, -0.25) is 0 Å². The molecule has 5 heteroatoms. The summed E-state index contributed by atoms with van der Waals surface area (Å²) in [6.45, 7) is 3.36. The Hall–Kier alpha value is -1.75. The number of ether oxygens (including phenoxy) is 1. The molecule has 2 N–H and O–H groups in total. The number of anilines is 1. The maximum Gasteiger partial charge on any atom is 0.407 e. The van der Waals surface area contributed by atoms with Gasteiger partial charge in [0.25, 0.3) is 0 Å². The summed E-state index contributed by atoms with van der Waals surface area (Å²) < 4.78 is 4.61. The quantitative estimate of drug-likeness (QED) is 0.872. The molecule has 1 aliphatic rings. The van der Waals surface area contributed by atoms with Crippen molar-refractivity contribution in [2.45, 2.75) is 25.5 Å². The Morgan fingerprint density at radius 3 is 2.95 bits per heavy atom. The Bertz CT molecular complexity index is 448. The molecule has 1 heterocycles. The number of nitrogens with zero attached hydrogens (tertiary/aromatic N) is 1. The van der Waals surface area contributed by atoms with Crippen LogP contribution in [0.3, 0.4) is 0 Å². The largest absolute Gasteiger partial charge is 0.453 e. The van der Waals surface area contributed by atoms with Crippen molar-refractivity contribution in [3.63, 3.8) is 0 Å².